The van der Waals surface area contributed by atoms with Crippen LogP contribution in [0.4, 0.5) is 0 Å². The van der Waals surface area contributed by atoms with Crippen molar-refractivity contribution in [1.29, 1.82) is 0 Å². The second-order valence-electron chi connectivity index (χ2n) is 3.09. The molecule has 0 fully saturated rings. The van der Waals surface area contributed by atoms with E-state index in [-0.39, 0.29) is 0 Å². The van der Waals surface area contributed by atoms with Crippen molar-refractivity contribution in [2.45, 2.75) is 6.16 Å². The summed E-state index contributed by atoms with van der Waals surface area (Å²) in [6.45, 7) is 3.78. The summed E-state index contributed by atoms with van der Waals surface area (Å²) in [4.78, 5) is 0. The summed E-state index contributed by atoms with van der Waals surface area (Å²) < 4.78 is 10.9. The summed E-state index contributed by atoms with van der Waals surface area (Å²) >= 11 is 0. The molecule has 0 atom stereocenters. The van der Waals surface area contributed by atoms with Crippen LogP contribution in [0.25, 0.3) is 0 Å². The minimum atomic E-state index is -2.19. The molecule has 0 amide bonds. The molecule has 14 heavy (non-hydrogen) atoms. The van der Waals surface area contributed by atoms with Gasteiger partial charge in [-0.1, -0.05) is 0 Å². The summed E-state index contributed by atoms with van der Waals surface area (Å²) in [6.07, 6.45) is 0.810. The van der Waals surface area contributed by atoms with E-state index in [9.17, 15) is 0 Å². The molecule has 3 heteroatoms. The van der Waals surface area contributed by atoms with E-state index < -0.39 is 7.72 Å². The zero-order chi connectivity index (χ0) is 10.4. The third-order valence-electron chi connectivity index (χ3n) is 2.30. The van der Waals surface area contributed by atoms with E-state index in [4.69, 9.17) is 9.05 Å². The van der Waals surface area contributed by atoms with Crippen molar-refractivity contribution in [2.75, 3.05) is 14.2 Å². The van der Waals surface area contributed by atoms with Crippen molar-refractivity contribution >= 4 is 7.72 Å². The number of rotatable bonds is 5. The van der Waals surface area contributed by atoms with Crippen molar-refractivity contribution in [2.24, 2.45) is 0 Å². The first-order valence-electron chi connectivity index (χ1n) is 4.54. The fourth-order valence-corrected chi connectivity index (χ4v) is 3.08. The standard InChI is InChI=1S/C11H17O2P/c1-4-14(12-2,13-3)10-11-8-6-5-7-9-11/h4-9,14H,1,10H2,2-3H3. The summed E-state index contributed by atoms with van der Waals surface area (Å²) in [5.74, 6) is 1.82. The van der Waals surface area contributed by atoms with Gasteiger partial charge in [0.15, 0.2) is 0 Å². The molecule has 0 spiro atoms. The Bertz CT molecular complexity index is 281. The van der Waals surface area contributed by atoms with Crippen LogP contribution in [0.15, 0.2) is 42.7 Å². The van der Waals surface area contributed by atoms with Gasteiger partial charge in [0.25, 0.3) is 0 Å². The summed E-state index contributed by atoms with van der Waals surface area (Å²) in [7, 11) is 1.17. The van der Waals surface area contributed by atoms with Crippen LogP contribution < -0.4 is 0 Å². The number of benzene rings is 1. The van der Waals surface area contributed by atoms with Gasteiger partial charge in [-0.25, -0.2) is 0 Å². The van der Waals surface area contributed by atoms with Crippen molar-refractivity contribution < 1.29 is 9.05 Å². The van der Waals surface area contributed by atoms with Crippen LogP contribution in [0.3, 0.4) is 0 Å². The molecule has 0 aromatic heterocycles. The van der Waals surface area contributed by atoms with Gasteiger partial charge in [0, 0.05) is 0 Å². The van der Waals surface area contributed by atoms with E-state index in [1.165, 1.54) is 5.56 Å². The van der Waals surface area contributed by atoms with Gasteiger partial charge in [-0.05, 0) is 0 Å². The molecule has 2 nitrogen and oxygen atoms in total. The molecule has 0 radical (unpaired) electrons. The molecule has 0 aliphatic carbocycles. The predicted octanol–water partition coefficient (Wildman–Crippen LogP) is 3.20. The van der Waals surface area contributed by atoms with Gasteiger partial charge in [-0.2, -0.15) is 0 Å². The normalized spacial score (nSPS) is 12.4. The van der Waals surface area contributed by atoms with Crippen LogP contribution in [0, 0.1) is 0 Å². The fourth-order valence-electron chi connectivity index (χ4n) is 1.35. The minimum absolute atomic E-state index is 0.810. The number of hydrogen-bond donors (Lipinski definition) is 0. The van der Waals surface area contributed by atoms with Gasteiger partial charge >= 0.3 is 85.4 Å². The molecule has 1 rings (SSSR count). The van der Waals surface area contributed by atoms with Gasteiger partial charge in [0.2, 0.25) is 0 Å². The molecule has 1 aromatic carbocycles. The Morgan fingerprint density at radius 1 is 1.21 bits per heavy atom. The van der Waals surface area contributed by atoms with Gasteiger partial charge < -0.3 is 0 Å². The van der Waals surface area contributed by atoms with Crippen LogP contribution in [0.1, 0.15) is 5.56 Å². The molecule has 0 unspecified atom stereocenters. The van der Waals surface area contributed by atoms with Crippen molar-refractivity contribution in [1.82, 2.24) is 0 Å². The Morgan fingerprint density at radius 2 is 1.79 bits per heavy atom. The number of hydrogen-bond acceptors (Lipinski definition) is 2. The quantitative estimate of drug-likeness (QED) is 0.698. The monoisotopic (exact) mass is 212 g/mol. The third-order valence-corrected chi connectivity index (χ3v) is 5.20. The average molecular weight is 212 g/mol. The van der Waals surface area contributed by atoms with E-state index in [0.29, 0.717) is 0 Å². The molecule has 1 aromatic rings. The zero-order valence-corrected chi connectivity index (χ0v) is 9.69. The Morgan fingerprint density at radius 3 is 2.21 bits per heavy atom. The van der Waals surface area contributed by atoms with E-state index >= 15 is 0 Å². The van der Waals surface area contributed by atoms with E-state index in [2.05, 4.69) is 18.7 Å². The van der Waals surface area contributed by atoms with E-state index in [1.807, 2.05) is 24.0 Å². The second-order valence-corrected chi connectivity index (χ2v) is 6.29. The molecule has 0 saturated heterocycles. The second kappa shape index (κ2) is 5.26. The SMILES string of the molecule is C=C[PH](Cc1ccccc1)(OC)OC. The Hall–Kier alpha value is -0.690. The first kappa shape index (κ1) is 11.4. The maximum absolute atomic E-state index is 5.44. The van der Waals surface area contributed by atoms with Crippen LogP contribution in [0.5, 0.6) is 0 Å². The average Bonchev–Trinajstić information content (AvgIpc) is 2.28. The summed E-state index contributed by atoms with van der Waals surface area (Å²) in [5, 5.41) is 0. The van der Waals surface area contributed by atoms with E-state index in [0.717, 1.165) is 6.16 Å². The van der Waals surface area contributed by atoms with Gasteiger partial charge in [-0.3, -0.25) is 0 Å². The Kier molecular flexibility index (Phi) is 4.27. The molecule has 0 aliphatic rings. The molecule has 0 aliphatic heterocycles. The van der Waals surface area contributed by atoms with Crippen molar-refractivity contribution in [3.63, 3.8) is 0 Å². The third kappa shape index (κ3) is 2.65. The molecule has 0 heterocycles. The Balaban J connectivity index is 2.79. The first-order chi connectivity index (χ1) is 6.76. The maximum atomic E-state index is 5.44. The van der Waals surface area contributed by atoms with Crippen LogP contribution in [-0.2, 0) is 15.2 Å². The summed E-state index contributed by atoms with van der Waals surface area (Å²) in [6, 6.07) is 10.2. The molecule has 78 valence electrons. The van der Waals surface area contributed by atoms with Crippen molar-refractivity contribution in [3.8, 4) is 0 Å². The predicted molar refractivity (Wildman–Crippen MR) is 62.7 cm³/mol. The molecule has 0 saturated carbocycles. The fraction of sp³-hybridized carbons (Fsp3) is 0.273. The molecule has 0 N–H and O–H groups in total. The van der Waals surface area contributed by atoms with Crippen molar-refractivity contribution in [3.05, 3.63) is 48.3 Å². The Labute approximate surface area is 86.1 Å². The van der Waals surface area contributed by atoms with Crippen LogP contribution in [-0.4, -0.2) is 14.2 Å². The molecular formula is C11H17O2P. The molecular weight excluding hydrogens is 195 g/mol. The molecule has 0 bridgehead atoms. The van der Waals surface area contributed by atoms with Gasteiger partial charge in [-0.15, -0.1) is 0 Å². The van der Waals surface area contributed by atoms with E-state index in [1.54, 1.807) is 14.2 Å². The first-order valence-corrected chi connectivity index (χ1v) is 6.64. The van der Waals surface area contributed by atoms with Crippen LogP contribution in [0.2, 0.25) is 0 Å². The van der Waals surface area contributed by atoms with Crippen LogP contribution >= 0.6 is 7.72 Å². The topological polar surface area (TPSA) is 18.5 Å². The zero-order valence-electron chi connectivity index (χ0n) is 8.69. The summed E-state index contributed by atoms with van der Waals surface area (Å²) in [5.41, 5.74) is 1.22. The van der Waals surface area contributed by atoms with Gasteiger partial charge in [0.05, 0.1) is 0 Å². The van der Waals surface area contributed by atoms with Gasteiger partial charge in [0.1, 0.15) is 0 Å².